The summed E-state index contributed by atoms with van der Waals surface area (Å²) in [5.41, 5.74) is -0.551. The summed E-state index contributed by atoms with van der Waals surface area (Å²) in [6, 6.07) is 0. The van der Waals surface area contributed by atoms with Crippen molar-refractivity contribution in [2.24, 2.45) is 0 Å². The van der Waals surface area contributed by atoms with Crippen LogP contribution in [0.2, 0.25) is 0 Å². The molecule has 96 valence electrons. The maximum Gasteiger partial charge on any atom is 0.410 e. The summed E-state index contributed by atoms with van der Waals surface area (Å²) < 4.78 is 17.2. The molecule has 0 aliphatic heterocycles. The fraction of sp³-hybridized carbons (Fsp3) is 0.909. The van der Waals surface area contributed by atoms with E-state index in [4.69, 9.17) is 9.84 Å². The van der Waals surface area contributed by atoms with Gasteiger partial charge in [0.15, 0.2) is 0 Å². The van der Waals surface area contributed by atoms with Crippen LogP contribution in [0.3, 0.4) is 0 Å². The average molecular weight is 235 g/mol. The average Bonchev–Trinajstić information content (AvgIpc) is 2.15. The molecule has 0 fully saturated rings. The van der Waals surface area contributed by atoms with E-state index in [-0.39, 0.29) is 6.61 Å². The van der Waals surface area contributed by atoms with Gasteiger partial charge in [-0.1, -0.05) is 0 Å². The van der Waals surface area contributed by atoms with E-state index in [9.17, 15) is 9.18 Å². The van der Waals surface area contributed by atoms with Crippen LogP contribution in [0.25, 0.3) is 0 Å². The zero-order valence-corrected chi connectivity index (χ0v) is 10.3. The van der Waals surface area contributed by atoms with Gasteiger partial charge in [0.1, 0.15) is 5.60 Å². The monoisotopic (exact) mass is 235 g/mol. The first-order valence-corrected chi connectivity index (χ1v) is 5.55. The molecule has 0 saturated heterocycles. The third kappa shape index (κ3) is 7.45. The molecule has 0 radical (unpaired) electrons. The van der Waals surface area contributed by atoms with E-state index in [2.05, 4.69) is 0 Å². The minimum absolute atomic E-state index is 0.00885. The number of nitrogens with zero attached hydrogens (tertiary/aromatic N) is 1. The van der Waals surface area contributed by atoms with Gasteiger partial charge >= 0.3 is 6.09 Å². The summed E-state index contributed by atoms with van der Waals surface area (Å²) in [6.07, 6.45) is 0.324. The zero-order valence-electron chi connectivity index (χ0n) is 10.3. The minimum Gasteiger partial charge on any atom is -0.444 e. The molecule has 0 rings (SSSR count). The number of halogens is 1. The standard InChI is InChI=1S/C11H22FNO3/c1-11(2,3)16-10(15)13(7-4-6-12)8-5-9-14/h14H,4-9H2,1-3H3. The molecule has 0 aliphatic carbocycles. The number of hydrogen-bond acceptors (Lipinski definition) is 3. The molecule has 5 heteroatoms. The number of rotatable bonds is 6. The molecule has 0 aliphatic rings. The molecule has 0 saturated carbocycles. The molecule has 0 aromatic rings. The number of ether oxygens (including phenoxy) is 1. The lowest BCUT2D eigenvalue weighted by Crippen LogP contribution is -2.38. The summed E-state index contributed by atoms with van der Waals surface area (Å²) in [5.74, 6) is 0. The highest BCUT2D eigenvalue weighted by Gasteiger charge is 2.21. The van der Waals surface area contributed by atoms with Crippen LogP contribution in [-0.4, -0.2) is 48.1 Å². The van der Waals surface area contributed by atoms with Gasteiger partial charge in [-0.3, -0.25) is 4.39 Å². The Bertz CT molecular complexity index is 196. The zero-order chi connectivity index (χ0) is 12.6. The molecular formula is C11H22FNO3. The van der Waals surface area contributed by atoms with Crippen molar-refractivity contribution >= 4 is 6.09 Å². The van der Waals surface area contributed by atoms with Crippen LogP contribution in [0.15, 0.2) is 0 Å². The number of alkyl halides is 1. The van der Waals surface area contributed by atoms with Crippen molar-refractivity contribution in [2.75, 3.05) is 26.4 Å². The van der Waals surface area contributed by atoms with Crippen molar-refractivity contribution in [3.05, 3.63) is 0 Å². The molecule has 4 nitrogen and oxygen atoms in total. The molecule has 16 heavy (non-hydrogen) atoms. The molecule has 0 aromatic heterocycles. The smallest absolute Gasteiger partial charge is 0.410 e. The van der Waals surface area contributed by atoms with Crippen LogP contribution in [-0.2, 0) is 4.74 Å². The lowest BCUT2D eigenvalue weighted by molar-refractivity contribution is 0.0236. The number of carbonyl (C=O) groups is 1. The van der Waals surface area contributed by atoms with Crippen LogP contribution in [0.4, 0.5) is 9.18 Å². The molecule has 0 unspecified atom stereocenters. The predicted octanol–water partition coefficient (Wildman–Crippen LogP) is 1.97. The van der Waals surface area contributed by atoms with E-state index >= 15 is 0 Å². The molecule has 0 bridgehead atoms. The van der Waals surface area contributed by atoms with Gasteiger partial charge in [0.05, 0.1) is 6.67 Å². The van der Waals surface area contributed by atoms with Crippen LogP contribution in [0.5, 0.6) is 0 Å². The SMILES string of the molecule is CC(C)(C)OC(=O)N(CCCO)CCCF. The van der Waals surface area contributed by atoms with Crippen molar-refractivity contribution in [2.45, 2.75) is 39.2 Å². The number of aliphatic hydroxyl groups is 1. The lowest BCUT2D eigenvalue weighted by Gasteiger charge is -2.27. The maximum atomic E-state index is 12.0. The highest BCUT2D eigenvalue weighted by molar-refractivity contribution is 5.68. The summed E-state index contributed by atoms with van der Waals surface area (Å²) in [5, 5.41) is 8.70. The van der Waals surface area contributed by atoms with Crippen molar-refractivity contribution in [1.82, 2.24) is 4.90 Å². The van der Waals surface area contributed by atoms with E-state index in [0.29, 0.717) is 25.9 Å². The van der Waals surface area contributed by atoms with Crippen LogP contribution < -0.4 is 0 Å². The highest BCUT2D eigenvalue weighted by atomic mass is 19.1. The van der Waals surface area contributed by atoms with E-state index in [1.165, 1.54) is 4.90 Å². The Morgan fingerprint density at radius 2 is 1.88 bits per heavy atom. The first-order valence-electron chi connectivity index (χ1n) is 5.55. The Balaban J connectivity index is 4.19. The third-order valence-corrected chi connectivity index (χ3v) is 1.80. The second kappa shape index (κ2) is 7.44. The topological polar surface area (TPSA) is 49.8 Å². The Kier molecular flexibility index (Phi) is 7.05. The van der Waals surface area contributed by atoms with Gasteiger partial charge in [0.25, 0.3) is 0 Å². The number of hydrogen-bond donors (Lipinski definition) is 1. The van der Waals surface area contributed by atoms with Crippen molar-refractivity contribution < 1.29 is 19.0 Å². The predicted molar refractivity (Wildman–Crippen MR) is 60.1 cm³/mol. The van der Waals surface area contributed by atoms with Gasteiger partial charge in [-0.05, 0) is 33.6 Å². The molecule has 1 N–H and O–H groups in total. The highest BCUT2D eigenvalue weighted by Crippen LogP contribution is 2.10. The first kappa shape index (κ1) is 15.2. The first-order chi connectivity index (χ1) is 7.40. The van der Waals surface area contributed by atoms with E-state index in [1.54, 1.807) is 20.8 Å². The largest absolute Gasteiger partial charge is 0.444 e. The Labute approximate surface area is 96.4 Å². The van der Waals surface area contributed by atoms with Gasteiger partial charge < -0.3 is 14.7 Å². The third-order valence-electron chi connectivity index (χ3n) is 1.80. The van der Waals surface area contributed by atoms with E-state index in [0.717, 1.165) is 0 Å². The molecular weight excluding hydrogens is 213 g/mol. The number of aliphatic hydroxyl groups excluding tert-OH is 1. The van der Waals surface area contributed by atoms with Gasteiger partial charge in [-0.15, -0.1) is 0 Å². The lowest BCUT2D eigenvalue weighted by atomic mass is 10.2. The van der Waals surface area contributed by atoms with E-state index < -0.39 is 18.4 Å². The molecule has 1 amide bonds. The fourth-order valence-corrected chi connectivity index (χ4v) is 1.13. The molecule has 0 heterocycles. The molecule has 0 aromatic carbocycles. The summed E-state index contributed by atoms with van der Waals surface area (Å²) >= 11 is 0. The maximum absolute atomic E-state index is 12.0. The van der Waals surface area contributed by atoms with Crippen molar-refractivity contribution in [3.63, 3.8) is 0 Å². The summed E-state index contributed by atoms with van der Waals surface area (Å²) in [4.78, 5) is 13.1. The van der Waals surface area contributed by atoms with Gasteiger partial charge in [-0.2, -0.15) is 0 Å². The molecule has 0 spiro atoms. The van der Waals surface area contributed by atoms with Gasteiger partial charge in [-0.25, -0.2) is 4.79 Å². The second-order valence-electron chi connectivity index (χ2n) is 4.59. The van der Waals surface area contributed by atoms with Crippen LogP contribution >= 0.6 is 0 Å². The van der Waals surface area contributed by atoms with Crippen molar-refractivity contribution in [3.8, 4) is 0 Å². The Morgan fingerprint density at radius 1 is 1.31 bits per heavy atom. The minimum atomic E-state index is -0.551. The quantitative estimate of drug-likeness (QED) is 0.765. The van der Waals surface area contributed by atoms with Gasteiger partial charge in [0.2, 0.25) is 0 Å². The van der Waals surface area contributed by atoms with Crippen LogP contribution in [0, 0.1) is 0 Å². The fourth-order valence-electron chi connectivity index (χ4n) is 1.13. The van der Waals surface area contributed by atoms with Crippen LogP contribution in [0.1, 0.15) is 33.6 Å². The second-order valence-corrected chi connectivity index (χ2v) is 4.59. The Hall–Kier alpha value is -0.840. The van der Waals surface area contributed by atoms with Gasteiger partial charge in [0, 0.05) is 19.7 Å². The Morgan fingerprint density at radius 3 is 2.31 bits per heavy atom. The number of carbonyl (C=O) groups excluding carboxylic acids is 1. The normalized spacial score (nSPS) is 11.3. The summed E-state index contributed by atoms with van der Waals surface area (Å²) in [6.45, 7) is 5.61. The van der Waals surface area contributed by atoms with Crippen molar-refractivity contribution in [1.29, 1.82) is 0 Å². The van der Waals surface area contributed by atoms with E-state index in [1.807, 2.05) is 0 Å². The number of amides is 1. The molecule has 0 atom stereocenters. The summed E-state index contributed by atoms with van der Waals surface area (Å²) in [7, 11) is 0.